The third-order valence-electron chi connectivity index (χ3n) is 7.87. The van der Waals surface area contributed by atoms with E-state index in [1.165, 1.54) is 11.8 Å². The van der Waals surface area contributed by atoms with Gasteiger partial charge in [-0.15, -0.1) is 11.8 Å². The fourth-order valence-electron chi connectivity index (χ4n) is 5.69. The van der Waals surface area contributed by atoms with Gasteiger partial charge in [0.2, 0.25) is 5.91 Å². The Morgan fingerprint density at radius 3 is 1.42 bits per heavy atom. The van der Waals surface area contributed by atoms with Crippen molar-refractivity contribution in [2.75, 3.05) is 12.3 Å². The number of carbonyl (C=O) groups is 3. The molecule has 1 atom stereocenters. The lowest BCUT2D eigenvalue weighted by Crippen LogP contribution is -2.50. The van der Waals surface area contributed by atoms with Crippen LogP contribution in [-0.2, 0) is 23.8 Å². The average molecular weight is 687 g/mol. The Balaban J connectivity index is 1.48. The highest BCUT2D eigenvalue weighted by Gasteiger charge is 2.39. The Labute approximate surface area is 298 Å². The maximum atomic E-state index is 13.9. The van der Waals surface area contributed by atoms with E-state index in [-0.39, 0.29) is 12.3 Å². The average Bonchev–Trinajstić information content (AvgIpc) is 3.14. The van der Waals surface area contributed by atoms with Crippen molar-refractivity contribution in [3.8, 4) is 0 Å². The van der Waals surface area contributed by atoms with Gasteiger partial charge in [0.05, 0.1) is 4.75 Å². The molecule has 0 aromatic heterocycles. The molecule has 8 heteroatoms. The summed E-state index contributed by atoms with van der Waals surface area (Å²) < 4.78 is 10.7. The van der Waals surface area contributed by atoms with Crippen molar-refractivity contribution < 1.29 is 23.9 Å². The number of ether oxygens (including phenoxy) is 2. The highest BCUT2D eigenvalue weighted by atomic mass is 32.2. The predicted octanol–water partition coefficient (Wildman–Crippen LogP) is 8.05. The molecular weight excluding hydrogens is 645 g/mol. The summed E-state index contributed by atoms with van der Waals surface area (Å²) in [6, 6.07) is 48.0. The predicted molar refractivity (Wildman–Crippen MR) is 199 cm³/mol. The van der Waals surface area contributed by atoms with Gasteiger partial charge in [-0.3, -0.25) is 9.59 Å². The summed E-state index contributed by atoms with van der Waals surface area (Å²) in [5, 5.41) is 5.53. The van der Waals surface area contributed by atoms with E-state index in [1.54, 1.807) is 20.8 Å². The molecule has 5 aromatic carbocycles. The first-order chi connectivity index (χ1) is 24.2. The molecule has 0 heterocycles. The number of esters is 1. The van der Waals surface area contributed by atoms with E-state index in [2.05, 4.69) is 47.0 Å². The van der Waals surface area contributed by atoms with Gasteiger partial charge in [-0.05, 0) is 48.6 Å². The minimum atomic E-state index is -1.09. The molecule has 2 amide bonds. The largest absolute Gasteiger partial charge is 0.459 e. The number of alkyl carbamates (subject to hydrolysis) is 1. The summed E-state index contributed by atoms with van der Waals surface area (Å²) >= 11 is 1.52. The van der Waals surface area contributed by atoms with E-state index >= 15 is 0 Å². The van der Waals surface area contributed by atoms with E-state index in [4.69, 9.17) is 9.47 Å². The van der Waals surface area contributed by atoms with Crippen molar-refractivity contribution in [3.05, 3.63) is 179 Å². The van der Waals surface area contributed by atoms with E-state index in [0.717, 1.165) is 27.8 Å². The van der Waals surface area contributed by atoms with Crippen molar-refractivity contribution in [1.82, 2.24) is 10.6 Å². The second kappa shape index (κ2) is 16.9. The summed E-state index contributed by atoms with van der Waals surface area (Å²) in [4.78, 5) is 40.2. The Kier molecular flexibility index (Phi) is 12.1. The number of carbonyl (C=O) groups excluding carboxylic acids is 3. The Morgan fingerprint density at radius 1 is 0.620 bits per heavy atom. The summed E-state index contributed by atoms with van der Waals surface area (Å²) in [5.74, 6) is -0.991. The number of hydrogen-bond donors (Lipinski definition) is 2. The second-order valence-corrected chi connectivity index (χ2v) is 13.9. The lowest BCUT2D eigenvalue weighted by atomic mass is 9.84. The zero-order chi connectivity index (χ0) is 35.4. The molecule has 0 radical (unpaired) electrons. The molecule has 2 N–H and O–H groups in total. The van der Waals surface area contributed by atoms with Crippen LogP contribution in [0.1, 0.15) is 54.7 Å². The van der Waals surface area contributed by atoms with Gasteiger partial charge in [0.25, 0.3) is 0 Å². The monoisotopic (exact) mass is 686 g/mol. The molecule has 0 fully saturated rings. The van der Waals surface area contributed by atoms with Gasteiger partial charge in [-0.2, -0.15) is 0 Å². The Bertz CT molecular complexity index is 1680. The Hall–Kier alpha value is -5.34. The van der Waals surface area contributed by atoms with Crippen LogP contribution in [0, 0.1) is 0 Å². The molecule has 5 rings (SSSR count). The molecule has 0 saturated carbocycles. The fourth-order valence-corrected chi connectivity index (χ4v) is 7.25. The minimum Gasteiger partial charge on any atom is -0.459 e. The summed E-state index contributed by atoms with van der Waals surface area (Å²) in [6.45, 7) is 4.92. The number of rotatable bonds is 13. The van der Waals surface area contributed by atoms with Gasteiger partial charge >= 0.3 is 12.1 Å². The smallest absolute Gasteiger partial charge is 0.408 e. The normalized spacial score (nSPS) is 12.1. The molecule has 7 nitrogen and oxygen atoms in total. The third kappa shape index (κ3) is 9.42. The highest BCUT2D eigenvalue weighted by molar-refractivity contribution is 8.00. The number of hydrogen-bond acceptors (Lipinski definition) is 6. The summed E-state index contributed by atoms with van der Waals surface area (Å²) in [7, 11) is 0. The zero-order valence-electron chi connectivity index (χ0n) is 28.5. The second-order valence-electron chi connectivity index (χ2n) is 12.7. The molecule has 0 aliphatic rings. The van der Waals surface area contributed by atoms with Crippen LogP contribution in [0.2, 0.25) is 0 Å². The standard InChI is InChI=1S/C42H42N2O5S/c1-41(2,3)49-37(45)29-43-39(46)36(44-40(47)48-38(31-19-9-4-10-20-31)32-21-11-5-12-22-32)30-50-42(33-23-13-6-14-24-33,34-25-15-7-16-26-34)35-27-17-8-18-28-35/h4-28,36,38H,29-30H2,1-3H3,(H,43,46)(H,44,47). The molecule has 0 aliphatic carbocycles. The highest BCUT2D eigenvalue weighted by Crippen LogP contribution is 2.48. The van der Waals surface area contributed by atoms with E-state index in [9.17, 15) is 14.4 Å². The lowest BCUT2D eigenvalue weighted by molar-refractivity contribution is -0.154. The van der Waals surface area contributed by atoms with Crippen LogP contribution < -0.4 is 10.6 Å². The summed E-state index contributed by atoms with van der Waals surface area (Å²) in [5.41, 5.74) is 3.86. The molecule has 256 valence electrons. The number of benzene rings is 5. The van der Waals surface area contributed by atoms with Crippen molar-refractivity contribution in [2.24, 2.45) is 0 Å². The van der Waals surface area contributed by atoms with Crippen LogP contribution in [0.5, 0.6) is 0 Å². The molecule has 0 aliphatic heterocycles. The van der Waals surface area contributed by atoms with Crippen LogP contribution in [-0.4, -0.2) is 41.9 Å². The van der Waals surface area contributed by atoms with Gasteiger partial charge < -0.3 is 20.1 Å². The van der Waals surface area contributed by atoms with E-state index < -0.39 is 40.5 Å². The summed E-state index contributed by atoms with van der Waals surface area (Å²) in [6.07, 6.45) is -1.49. The van der Waals surface area contributed by atoms with E-state index in [0.29, 0.717) is 0 Å². The minimum absolute atomic E-state index is 0.134. The zero-order valence-corrected chi connectivity index (χ0v) is 29.3. The first-order valence-electron chi connectivity index (χ1n) is 16.5. The Morgan fingerprint density at radius 2 is 1.02 bits per heavy atom. The van der Waals surface area contributed by atoms with Gasteiger partial charge in [0.15, 0.2) is 6.10 Å². The molecule has 50 heavy (non-hydrogen) atoms. The first kappa shape index (κ1) is 36.0. The molecule has 0 saturated heterocycles. The number of amides is 2. The lowest BCUT2D eigenvalue weighted by Gasteiger charge is -2.36. The van der Waals surface area contributed by atoms with E-state index in [1.807, 2.05) is 115 Å². The van der Waals surface area contributed by atoms with Crippen molar-refractivity contribution >= 4 is 29.7 Å². The number of thioether (sulfide) groups is 1. The van der Waals surface area contributed by atoms with Crippen LogP contribution in [0.3, 0.4) is 0 Å². The quantitative estimate of drug-likeness (QED) is 0.0962. The first-order valence-corrected chi connectivity index (χ1v) is 17.5. The van der Waals surface area contributed by atoms with Crippen LogP contribution in [0.25, 0.3) is 0 Å². The van der Waals surface area contributed by atoms with Crippen molar-refractivity contribution in [3.63, 3.8) is 0 Å². The fraction of sp³-hybridized carbons (Fsp3) is 0.214. The van der Waals surface area contributed by atoms with Crippen molar-refractivity contribution in [1.29, 1.82) is 0 Å². The molecule has 5 aromatic rings. The van der Waals surface area contributed by atoms with Crippen LogP contribution in [0.4, 0.5) is 4.79 Å². The van der Waals surface area contributed by atoms with Gasteiger partial charge in [0.1, 0.15) is 18.2 Å². The topological polar surface area (TPSA) is 93.7 Å². The third-order valence-corrected chi connectivity index (χ3v) is 9.51. The van der Waals surface area contributed by atoms with Gasteiger partial charge in [-0.1, -0.05) is 152 Å². The van der Waals surface area contributed by atoms with Crippen LogP contribution in [0.15, 0.2) is 152 Å². The maximum Gasteiger partial charge on any atom is 0.408 e. The maximum absolute atomic E-state index is 13.9. The molecular formula is C42H42N2O5S. The number of nitrogens with one attached hydrogen (secondary N) is 2. The molecule has 0 bridgehead atoms. The molecule has 0 spiro atoms. The van der Waals surface area contributed by atoms with Crippen molar-refractivity contribution in [2.45, 2.75) is 43.3 Å². The van der Waals surface area contributed by atoms with Gasteiger partial charge in [0, 0.05) is 5.75 Å². The molecule has 1 unspecified atom stereocenters. The SMILES string of the molecule is CC(C)(C)OC(=O)CNC(=O)C(CSC(c1ccccc1)(c1ccccc1)c1ccccc1)NC(=O)OC(c1ccccc1)c1ccccc1. The van der Waals surface area contributed by atoms with Gasteiger partial charge in [-0.25, -0.2) is 4.79 Å². The van der Waals surface area contributed by atoms with Crippen LogP contribution >= 0.6 is 11.8 Å².